The van der Waals surface area contributed by atoms with Gasteiger partial charge in [0.05, 0.1) is 11.1 Å². The van der Waals surface area contributed by atoms with Crippen molar-refractivity contribution in [3.63, 3.8) is 0 Å². The molecule has 0 aliphatic carbocycles. The third kappa shape index (κ3) is 2.81. The Balaban J connectivity index is 1.64. The number of rotatable bonds is 1. The van der Waals surface area contributed by atoms with Gasteiger partial charge in [-0.25, -0.2) is 0 Å². The molecule has 1 aromatic carbocycles. The number of benzene rings is 1. The average Bonchev–Trinajstić information content (AvgIpc) is 2.92. The van der Waals surface area contributed by atoms with E-state index < -0.39 is 0 Å². The molecule has 120 valence electrons. The predicted octanol–water partition coefficient (Wildman–Crippen LogP) is 2.96. The second-order valence-corrected chi connectivity index (χ2v) is 7.01. The Hall–Kier alpha value is -1.65. The lowest BCUT2D eigenvalue weighted by Gasteiger charge is -2.21. The largest absolute Gasteiger partial charge is 0.339 e. The highest BCUT2D eigenvalue weighted by molar-refractivity contribution is 6.32. The fourth-order valence-corrected chi connectivity index (χ4v) is 4.14. The number of amides is 1. The molecular formula is C18H20ClN3O. The average molecular weight is 330 g/mol. The quantitative estimate of drug-likeness (QED) is 0.875. The molecule has 3 heterocycles. The topological polar surface area (TPSA) is 45.2 Å². The van der Waals surface area contributed by atoms with Gasteiger partial charge in [0.15, 0.2) is 0 Å². The van der Waals surface area contributed by atoms with E-state index in [0.29, 0.717) is 22.4 Å². The van der Waals surface area contributed by atoms with Crippen LogP contribution in [0.1, 0.15) is 23.2 Å². The van der Waals surface area contributed by atoms with Crippen molar-refractivity contribution in [2.75, 3.05) is 26.2 Å². The van der Waals surface area contributed by atoms with E-state index in [4.69, 9.17) is 11.6 Å². The maximum absolute atomic E-state index is 13.1. The maximum Gasteiger partial charge on any atom is 0.256 e. The van der Waals surface area contributed by atoms with Crippen LogP contribution in [0.5, 0.6) is 0 Å². The van der Waals surface area contributed by atoms with E-state index in [2.05, 4.69) is 10.3 Å². The van der Waals surface area contributed by atoms with Gasteiger partial charge >= 0.3 is 0 Å². The molecule has 4 rings (SSSR count). The number of hydrogen-bond acceptors (Lipinski definition) is 3. The molecule has 0 radical (unpaired) electrons. The number of aromatic nitrogens is 1. The van der Waals surface area contributed by atoms with Crippen molar-refractivity contribution >= 4 is 28.4 Å². The zero-order chi connectivity index (χ0) is 15.8. The molecule has 4 nitrogen and oxygen atoms in total. The summed E-state index contributed by atoms with van der Waals surface area (Å²) < 4.78 is 0. The zero-order valence-corrected chi connectivity index (χ0v) is 13.7. The lowest BCUT2D eigenvalue weighted by molar-refractivity contribution is 0.0760. The van der Waals surface area contributed by atoms with Crippen LogP contribution in [-0.2, 0) is 0 Å². The molecule has 2 saturated heterocycles. The molecule has 2 fully saturated rings. The molecular weight excluding hydrogens is 310 g/mol. The van der Waals surface area contributed by atoms with E-state index in [1.807, 2.05) is 23.1 Å². The first kappa shape index (κ1) is 14.9. The van der Waals surface area contributed by atoms with Gasteiger partial charge < -0.3 is 10.2 Å². The molecule has 1 aromatic heterocycles. The van der Waals surface area contributed by atoms with Gasteiger partial charge in [-0.1, -0.05) is 17.7 Å². The molecule has 0 bridgehead atoms. The molecule has 1 N–H and O–H groups in total. The second kappa shape index (κ2) is 6.10. The highest BCUT2D eigenvalue weighted by Gasteiger charge is 2.32. The minimum Gasteiger partial charge on any atom is -0.339 e. The molecule has 1 amide bonds. The summed E-state index contributed by atoms with van der Waals surface area (Å²) in [4.78, 5) is 19.4. The number of nitrogens with one attached hydrogen (secondary N) is 1. The molecule has 2 atom stereocenters. The number of nitrogens with zero attached hydrogens (tertiary/aromatic N) is 2. The molecule has 0 spiro atoms. The standard InChI is InChI=1S/C18H20ClN3O/c19-15-8-12-2-1-5-21-17(12)16(9-15)18(23)22-6-3-13-10-20-11-14(13)4-7-22/h1-2,5,8-9,13-14,20H,3-4,6-7,10-11H2/t13-,14+. The summed E-state index contributed by atoms with van der Waals surface area (Å²) >= 11 is 6.21. The third-order valence-corrected chi connectivity index (χ3v) is 5.42. The zero-order valence-electron chi connectivity index (χ0n) is 13.0. The number of fused-ring (bicyclic) bond motifs is 2. The van der Waals surface area contributed by atoms with Crippen LogP contribution < -0.4 is 5.32 Å². The van der Waals surface area contributed by atoms with E-state index in [0.717, 1.165) is 49.9 Å². The van der Waals surface area contributed by atoms with Crippen molar-refractivity contribution in [2.24, 2.45) is 11.8 Å². The molecule has 23 heavy (non-hydrogen) atoms. The van der Waals surface area contributed by atoms with E-state index in [-0.39, 0.29) is 5.91 Å². The maximum atomic E-state index is 13.1. The van der Waals surface area contributed by atoms with E-state index >= 15 is 0 Å². The Bertz CT molecular complexity index is 734. The lowest BCUT2D eigenvalue weighted by Crippen LogP contribution is -2.33. The molecule has 2 aliphatic heterocycles. The van der Waals surface area contributed by atoms with Crippen molar-refractivity contribution in [3.8, 4) is 0 Å². The van der Waals surface area contributed by atoms with Crippen molar-refractivity contribution in [1.29, 1.82) is 0 Å². The molecule has 2 aromatic rings. The van der Waals surface area contributed by atoms with Gasteiger partial charge in [0.2, 0.25) is 0 Å². The van der Waals surface area contributed by atoms with Gasteiger partial charge in [-0.05, 0) is 56.0 Å². The second-order valence-electron chi connectivity index (χ2n) is 6.58. The summed E-state index contributed by atoms with van der Waals surface area (Å²) in [6, 6.07) is 7.43. The summed E-state index contributed by atoms with van der Waals surface area (Å²) in [6.45, 7) is 3.83. The Morgan fingerprint density at radius 1 is 1.22 bits per heavy atom. The smallest absolute Gasteiger partial charge is 0.256 e. The summed E-state index contributed by atoms with van der Waals surface area (Å²) in [6.07, 6.45) is 3.89. The summed E-state index contributed by atoms with van der Waals surface area (Å²) in [7, 11) is 0. The Morgan fingerprint density at radius 2 is 1.96 bits per heavy atom. The van der Waals surface area contributed by atoms with Gasteiger partial charge in [-0.15, -0.1) is 0 Å². The van der Waals surface area contributed by atoms with Gasteiger partial charge in [0.1, 0.15) is 0 Å². The highest BCUT2D eigenvalue weighted by atomic mass is 35.5. The fraction of sp³-hybridized carbons (Fsp3) is 0.444. The van der Waals surface area contributed by atoms with Gasteiger partial charge in [0, 0.05) is 29.7 Å². The minimum absolute atomic E-state index is 0.0594. The number of hydrogen-bond donors (Lipinski definition) is 1. The van der Waals surface area contributed by atoms with E-state index in [1.54, 1.807) is 12.3 Å². The monoisotopic (exact) mass is 329 g/mol. The van der Waals surface area contributed by atoms with Crippen LogP contribution in [0.2, 0.25) is 5.02 Å². The molecule has 5 heteroatoms. The van der Waals surface area contributed by atoms with Crippen molar-refractivity contribution in [3.05, 3.63) is 41.0 Å². The molecule has 0 saturated carbocycles. The first-order valence-corrected chi connectivity index (χ1v) is 8.64. The first-order chi connectivity index (χ1) is 11.2. The Kier molecular flexibility index (Phi) is 3.95. The van der Waals surface area contributed by atoms with Crippen molar-refractivity contribution < 1.29 is 4.79 Å². The first-order valence-electron chi connectivity index (χ1n) is 8.26. The highest BCUT2D eigenvalue weighted by Crippen LogP contribution is 2.29. The van der Waals surface area contributed by atoms with Crippen LogP contribution >= 0.6 is 11.6 Å². The van der Waals surface area contributed by atoms with E-state index in [1.165, 1.54) is 0 Å². The summed E-state index contributed by atoms with van der Waals surface area (Å²) in [5.41, 5.74) is 1.37. The van der Waals surface area contributed by atoms with E-state index in [9.17, 15) is 4.79 Å². The van der Waals surface area contributed by atoms with Gasteiger partial charge in [-0.2, -0.15) is 0 Å². The number of likely N-dealkylation sites (tertiary alicyclic amines) is 1. The van der Waals surface area contributed by atoms with Crippen molar-refractivity contribution in [1.82, 2.24) is 15.2 Å². The molecule has 2 aliphatic rings. The number of halogens is 1. The summed E-state index contributed by atoms with van der Waals surface area (Å²) in [5.74, 6) is 1.48. The number of carbonyl (C=O) groups is 1. The minimum atomic E-state index is 0.0594. The van der Waals surface area contributed by atoms with Crippen molar-refractivity contribution in [2.45, 2.75) is 12.8 Å². The predicted molar refractivity (Wildman–Crippen MR) is 91.7 cm³/mol. The van der Waals surface area contributed by atoms with Crippen LogP contribution in [0.3, 0.4) is 0 Å². The molecule has 0 unspecified atom stereocenters. The third-order valence-electron chi connectivity index (χ3n) is 5.21. The van der Waals surface area contributed by atoms with Crippen LogP contribution in [0.25, 0.3) is 10.9 Å². The van der Waals surface area contributed by atoms with Gasteiger partial charge in [0.25, 0.3) is 5.91 Å². The van der Waals surface area contributed by atoms with Crippen LogP contribution in [0, 0.1) is 11.8 Å². The van der Waals surface area contributed by atoms with Gasteiger partial charge in [-0.3, -0.25) is 9.78 Å². The van der Waals surface area contributed by atoms with Crippen LogP contribution in [-0.4, -0.2) is 42.0 Å². The number of carbonyl (C=O) groups excluding carboxylic acids is 1. The Labute approximate surface area is 140 Å². The SMILES string of the molecule is O=C(c1cc(Cl)cc2cccnc12)N1CC[C@@H]2CNC[C@@H]2CC1. The summed E-state index contributed by atoms with van der Waals surface area (Å²) in [5, 5.41) is 4.97. The Morgan fingerprint density at radius 3 is 2.70 bits per heavy atom. The lowest BCUT2D eigenvalue weighted by atomic mass is 9.92. The van der Waals surface area contributed by atoms with Crippen LogP contribution in [0.4, 0.5) is 0 Å². The van der Waals surface area contributed by atoms with Crippen LogP contribution in [0.15, 0.2) is 30.5 Å². The fourth-order valence-electron chi connectivity index (χ4n) is 3.91. The number of pyridine rings is 1. The normalized spacial score (nSPS) is 24.5.